The summed E-state index contributed by atoms with van der Waals surface area (Å²) < 4.78 is 9.67. The van der Waals surface area contributed by atoms with Crippen LogP contribution in [-0.4, -0.2) is 6.88 Å². The predicted molar refractivity (Wildman–Crippen MR) is 205 cm³/mol. The predicted octanol–water partition coefficient (Wildman–Crippen LogP) is 13.3. The molecule has 2 atom stereocenters. The number of hydrogen-bond donors (Lipinski definition) is 0. The van der Waals surface area contributed by atoms with Crippen LogP contribution in [0.15, 0.2) is 108 Å². The molecule has 4 aromatic rings. The van der Waals surface area contributed by atoms with E-state index in [2.05, 4.69) is 153 Å². The van der Waals surface area contributed by atoms with Gasteiger partial charge in [-0.1, -0.05) is 0 Å². The molecule has 0 saturated heterocycles. The first-order valence-corrected chi connectivity index (χ1v) is 35.4. The Morgan fingerprint density at radius 3 is 1.26 bits per heavy atom. The van der Waals surface area contributed by atoms with Crippen molar-refractivity contribution in [1.82, 2.24) is 0 Å². The Kier molecular flexibility index (Phi) is 8.18. The van der Waals surface area contributed by atoms with E-state index < -0.39 is 14.4 Å². The molecule has 2 heteroatoms. The Balaban J connectivity index is 1.73. The summed E-state index contributed by atoms with van der Waals surface area (Å²) in [5.74, 6) is 0. The van der Waals surface area contributed by atoms with Gasteiger partial charge in [-0.15, -0.1) is 0 Å². The number of benzene rings is 4. The molecular weight excluding hydrogens is 648 g/mol. The molecule has 0 aliphatic heterocycles. The van der Waals surface area contributed by atoms with Crippen molar-refractivity contribution in [1.29, 1.82) is 0 Å². The van der Waals surface area contributed by atoms with Crippen LogP contribution in [0.25, 0.3) is 34.4 Å². The van der Waals surface area contributed by atoms with Crippen LogP contribution < -0.4 is 0 Å². The summed E-state index contributed by atoms with van der Waals surface area (Å²) in [4.78, 5) is 0. The molecule has 0 N–H and O–H groups in total. The molecule has 0 heterocycles. The van der Waals surface area contributed by atoms with E-state index in [1.54, 1.807) is 22.3 Å². The number of allylic oxidation sites excluding steroid dienone is 2. The molecular formula is C44H56SiZr. The molecule has 0 fully saturated rings. The van der Waals surface area contributed by atoms with Gasteiger partial charge >= 0.3 is 277 Å². The zero-order valence-corrected chi connectivity index (χ0v) is 33.3. The second kappa shape index (κ2) is 11.3. The monoisotopic (exact) mass is 702 g/mol. The molecule has 4 aromatic carbocycles. The number of rotatable bonds is 12. The van der Waals surface area contributed by atoms with E-state index >= 15 is 0 Å². The Labute approximate surface area is 275 Å². The van der Waals surface area contributed by atoms with Crippen LogP contribution >= 0.6 is 0 Å². The summed E-state index contributed by atoms with van der Waals surface area (Å²) in [6.45, 7) is 12.4. The Morgan fingerprint density at radius 2 is 0.913 bits per heavy atom. The molecule has 0 spiro atoms. The summed E-state index contributed by atoms with van der Waals surface area (Å²) in [7, 11) is 0. The molecule has 0 bridgehead atoms. The molecule has 0 amide bonds. The zero-order chi connectivity index (χ0) is 32.7. The topological polar surface area (TPSA) is 0 Å². The van der Waals surface area contributed by atoms with Gasteiger partial charge < -0.3 is 0 Å². The second-order valence-corrected chi connectivity index (χ2v) is 71.0. The zero-order valence-electron chi connectivity index (χ0n) is 29.4. The fourth-order valence-corrected chi connectivity index (χ4v) is 52.3. The van der Waals surface area contributed by atoms with Crippen molar-refractivity contribution in [2.75, 3.05) is 0 Å². The van der Waals surface area contributed by atoms with E-state index in [9.17, 15) is 0 Å². The quantitative estimate of drug-likeness (QED) is 0.129. The van der Waals surface area contributed by atoms with Gasteiger partial charge in [-0.2, -0.15) is 0 Å². The Morgan fingerprint density at radius 1 is 0.522 bits per heavy atom. The van der Waals surface area contributed by atoms with Gasteiger partial charge in [-0.25, -0.2) is 0 Å². The maximum absolute atomic E-state index is 5.11. The summed E-state index contributed by atoms with van der Waals surface area (Å²) in [5.41, 5.74) is 15.1. The molecule has 2 aliphatic rings. The van der Waals surface area contributed by atoms with Crippen molar-refractivity contribution < 1.29 is 14.4 Å². The summed E-state index contributed by atoms with van der Waals surface area (Å²) in [5, 5.41) is 0. The van der Waals surface area contributed by atoms with E-state index in [-0.39, 0.29) is 0 Å². The summed E-state index contributed by atoms with van der Waals surface area (Å²) in [6, 6.07) is 36.8. The number of fused-ring (bicyclic) bond motifs is 2. The molecule has 240 valence electrons. The van der Waals surface area contributed by atoms with Gasteiger partial charge in [0.2, 0.25) is 0 Å². The molecule has 0 radical (unpaired) electrons. The molecule has 0 aromatic heterocycles. The van der Waals surface area contributed by atoms with Crippen LogP contribution in [0.1, 0.15) is 95.7 Å². The normalized spacial score (nSPS) is 19.7. The number of unbranched alkanes of at least 4 members (excludes halogenated alkanes) is 2. The fourth-order valence-electron chi connectivity index (χ4n) is 11.3. The standard InChI is InChI=1S/2C17H15.2C4H9.2CH3.H2Si.Zr/c2*1-2-13-11-15-9-6-10-16(17(15)12-13)14-7-4-3-5-8-14;2*1-3-4-2;;;;/h2*3-12H,2H2,1H3;2*1,3-4H2,2H3;2*1H3;1H2;. The average molecular weight is 704 g/mol. The SMILES string of the molecule is CCC[CH2][Zr]([CH3])([CH3])(=[SiH2])([CH2]CCC)([CH]1C(CC)=Cc2c(-c3ccccc3)cccc21)[CH]1C(CC)=Cc2c(-c3ccccc3)cccc21. The first kappa shape index (κ1) is 33.4. The van der Waals surface area contributed by atoms with E-state index in [1.165, 1.54) is 67.3 Å². The average Bonchev–Trinajstić information content (AvgIpc) is 3.69. The molecule has 2 aliphatic carbocycles. The minimum atomic E-state index is -5.11. The second-order valence-electron chi connectivity index (χ2n) is 17.5. The van der Waals surface area contributed by atoms with Crippen LogP contribution in [-0.2, 0) is 14.4 Å². The first-order valence-electron chi connectivity index (χ1n) is 18.3. The molecule has 0 nitrogen and oxygen atoms in total. The van der Waals surface area contributed by atoms with E-state index in [4.69, 9.17) is 0 Å². The molecule has 46 heavy (non-hydrogen) atoms. The van der Waals surface area contributed by atoms with E-state index in [0.29, 0.717) is 7.25 Å². The summed E-state index contributed by atoms with van der Waals surface area (Å²) >= 11 is -5.11. The minimum absolute atomic E-state index is 0.475. The van der Waals surface area contributed by atoms with Gasteiger partial charge in [0.1, 0.15) is 0 Å². The Bertz CT molecular complexity index is 1830. The van der Waals surface area contributed by atoms with Gasteiger partial charge in [0, 0.05) is 0 Å². The van der Waals surface area contributed by atoms with Crippen LogP contribution in [0, 0.1) is 0 Å². The Hall–Kier alpha value is -2.54. The summed E-state index contributed by atoms with van der Waals surface area (Å²) in [6.07, 6.45) is 12.6. The molecule has 6 rings (SSSR count). The van der Waals surface area contributed by atoms with Gasteiger partial charge in [-0.3, -0.25) is 0 Å². The van der Waals surface area contributed by atoms with Crippen molar-refractivity contribution in [3.8, 4) is 22.3 Å². The fraction of sp³-hybridized carbons (Fsp3) is 0.364. The van der Waals surface area contributed by atoms with Crippen LogP contribution in [0.5, 0.6) is 0 Å². The maximum atomic E-state index is 3.00. The first-order chi connectivity index (χ1) is 22.0. The van der Waals surface area contributed by atoms with Gasteiger partial charge in [-0.05, 0) is 0 Å². The number of hydrogen-bond acceptors (Lipinski definition) is 0. The van der Waals surface area contributed by atoms with Crippen molar-refractivity contribution in [2.45, 2.75) is 91.0 Å². The molecule has 2 unspecified atom stereocenters. The van der Waals surface area contributed by atoms with Crippen molar-refractivity contribution >= 4 is 19.0 Å². The molecule has 0 saturated carbocycles. The van der Waals surface area contributed by atoms with Crippen LogP contribution in [0.2, 0.25) is 17.5 Å². The van der Waals surface area contributed by atoms with E-state index in [1.807, 2.05) is 0 Å². The third kappa shape index (κ3) is 4.92. The third-order valence-corrected chi connectivity index (χ3v) is 52.0. The van der Waals surface area contributed by atoms with Gasteiger partial charge in [0.15, 0.2) is 0 Å². The van der Waals surface area contributed by atoms with Crippen molar-refractivity contribution in [2.24, 2.45) is 0 Å². The third-order valence-electron chi connectivity index (χ3n) is 13.3. The van der Waals surface area contributed by atoms with Gasteiger partial charge in [0.25, 0.3) is 0 Å². The van der Waals surface area contributed by atoms with Crippen molar-refractivity contribution in [3.05, 3.63) is 130 Å². The van der Waals surface area contributed by atoms with Crippen LogP contribution in [0.3, 0.4) is 0 Å². The van der Waals surface area contributed by atoms with Crippen molar-refractivity contribution in [3.63, 3.8) is 0 Å². The van der Waals surface area contributed by atoms with E-state index in [0.717, 1.165) is 12.8 Å². The van der Waals surface area contributed by atoms with Crippen LogP contribution in [0.4, 0.5) is 0 Å². The van der Waals surface area contributed by atoms with Gasteiger partial charge in [0.05, 0.1) is 0 Å².